The van der Waals surface area contributed by atoms with E-state index >= 15 is 0 Å². The number of methoxy groups -OCH3 is 2. The van der Waals surface area contributed by atoms with E-state index in [-0.39, 0.29) is 29.1 Å². The molecule has 33 heavy (non-hydrogen) atoms. The van der Waals surface area contributed by atoms with E-state index in [0.717, 1.165) is 23.4 Å². The van der Waals surface area contributed by atoms with Crippen LogP contribution in [0.4, 0.5) is 5.82 Å². The van der Waals surface area contributed by atoms with Gasteiger partial charge in [-0.25, -0.2) is 9.79 Å². The number of aromatic nitrogens is 2. The summed E-state index contributed by atoms with van der Waals surface area (Å²) in [6.45, 7) is 6.39. The van der Waals surface area contributed by atoms with E-state index in [1.165, 1.54) is 26.0 Å². The van der Waals surface area contributed by atoms with Crippen molar-refractivity contribution in [1.82, 2.24) is 9.78 Å². The number of esters is 1. The van der Waals surface area contributed by atoms with Gasteiger partial charge in [0.05, 0.1) is 41.7 Å². The number of benzene rings is 1. The number of ether oxygens (including phenoxy) is 4. The van der Waals surface area contributed by atoms with Crippen LogP contribution < -0.4 is 15.0 Å². The predicted octanol–water partition coefficient (Wildman–Crippen LogP) is 3.75. The van der Waals surface area contributed by atoms with Gasteiger partial charge in [0, 0.05) is 12.2 Å². The molecule has 0 spiro atoms. The summed E-state index contributed by atoms with van der Waals surface area (Å²) in [4.78, 5) is 29.7. The summed E-state index contributed by atoms with van der Waals surface area (Å²) in [6, 6.07) is 5.55. The second kappa shape index (κ2) is 9.26. The molecule has 1 saturated heterocycles. The molecule has 1 N–H and O–H groups in total. The van der Waals surface area contributed by atoms with Gasteiger partial charge in [-0.05, 0) is 39.7 Å². The third-order valence-corrected chi connectivity index (χ3v) is 7.02. The van der Waals surface area contributed by atoms with Crippen LogP contribution in [0.3, 0.4) is 0 Å². The molecule has 2 atom stereocenters. The van der Waals surface area contributed by atoms with Gasteiger partial charge in [-0.3, -0.25) is 14.6 Å². The largest absolute Gasteiger partial charge is 0.493 e. The summed E-state index contributed by atoms with van der Waals surface area (Å²) in [7, 11) is 2.84. The lowest BCUT2D eigenvalue weighted by molar-refractivity contribution is -0.142. The molecule has 1 fully saturated rings. The van der Waals surface area contributed by atoms with E-state index in [1.807, 2.05) is 23.7 Å². The van der Waals surface area contributed by atoms with Crippen molar-refractivity contribution in [2.24, 2.45) is 4.99 Å². The summed E-state index contributed by atoms with van der Waals surface area (Å²) in [5, 5.41) is 3.48. The number of para-hydroxylation sites is 1. The van der Waals surface area contributed by atoms with Gasteiger partial charge in [0.25, 0.3) is 5.56 Å². The van der Waals surface area contributed by atoms with Crippen LogP contribution in [-0.2, 0) is 14.3 Å². The van der Waals surface area contributed by atoms with Crippen molar-refractivity contribution in [2.75, 3.05) is 27.4 Å². The van der Waals surface area contributed by atoms with E-state index in [9.17, 15) is 9.59 Å². The number of rotatable bonds is 6. The molecule has 178 valence electrons. The molecule has 10 heteroatoms. The van der Waals surface area contributed by atoms with Gasteiger partial charge in [0.1, 0.15) is 0 Å². The van der Waals surface area contributed by atoms with Crippen molar-refractivity contribution < 1.29 is 23.7 Å². The zero-order valence-corrected chi connectivity index (χ0v) is 20.3. The van der Waals surface area contributed by atoms with Gasteiger partial charge in [-0.1, -0.05) is 23.9 Å². The van der Waals surface area contributed by atoms with E-state index in [4.69, 9.17) is 23.9 Å². The minimum absolute atomic E-state index is 0.0749. The maximum atomic E-state index is 13.2. The van der Waals surface area contributed by atoms with Crippen LogP contribution in [0.5, 0.6) is 11.5 Å². The highest BCUT2D eigenvalue weighted by molar-refractivity contribution is 8.14. The maximum Gasteiger partial charge on any atom is 0.343 e. The minimum atomic E-state index is -0.507. The van der Waals surface area contributed by atoms with Crippen molar-refractivity contribution in [3.8, 4) is 11.5 Å². The molecule has 3 heterocycles. The lowest BCUT2D eigenvalue weighted by Crippen LogP contribution is -2.35. The number of nitrogens with one attached hydrogen (secondary N) is 1. The summed E-state index contributed by atoms with van der Waals surface area (Å²) < 4.78 is 23.8. The van der Waals surface area contributed by atoms with Gasteiger partial charge in [-0.15, -0.1) is 0 Å². The van der Waals surface area contributed by atoms with Crippen LogP contribution in [0, 0.1) is 0 Å². The third kappa shape index (κ3) is 4.67. The smallest absolute Gasteiger partial charge is 0.343 e. The number of fused-ring (bicyclic) bond motifs is 1. The van der Waals surface area contributed by atoms with Crippen molar-refractivity contribution in [2.45, 2.75) is 50.5 Å². The van der Waals surface area contributed by atoms with Gasteiger partial charge >= 0.3 is 5.97 Å². The molecule has 0 unspecified atom stereocenters. The first kappa shape index (κ1) is 23.4. The number of aromatic amines is 1. The molecule has 2 aliphatic rings. The number of hydrogen-bond donors (Lipinski definition) is 1. The first-order valence-electron chi connectivity index (χ1n) is 10.8. The Kier molecular flexibility index (Phi) is 6.58. The Labute approximate surface area is 196 Å². The first-order chi connectivity index (χ1) is 15.7. The Balaban J connectivity index is 1.79. The molecule has 9 nitrogen and oxygen atoms in total. The number of nitrogens with zero attached hydrogens (tertiary/aromatic N) is 2. The molecule has 0 bridgehead atoms. The third-order valence-electron chi connectivity index (χ3n) is 5.86. The van der Waals surface area contributed by atoms with E-state index in [2.05, 4.69) is 18.9 Å². The zero-order valence-electron chi connectivity index (χ0n) is 19.5. The number of aliphatic imine (C=N–C) groups is 1. The number of carbonyl (C=O) groups is 1. The molecular weight excluding hydrogens is 446 g/mol. The Morgan fingerprint density at radius 2 is 2.15 bits per heavy atom. The van der Waals surface area contributed by atoms with Crippen LogP contribution in [0.2, 0.25) is 0 Å². The van der Waals surface area contributed by atoms with Gasteiger partial charge in [-0.2, -0.15) is 0 Å². The number of hydrogen-bond acceptors (Lipinski definition) is 8. The van der Waals surface area contributed by atoms with E-state index < -0.39 is 5.97 Å². The second-order valence-corrected chi connectivity index (χ2v) is 9.97. The van der Waals surface area contributed by atoms with Gasteiger partial charge in [0.15, 0.2) is 23.9 Å². The van der Waals surface area contributed by atoms with Crippen LogP contribution >= 0.6 is 11.8 Å². The Hall–Kier alpha value is -2.72. The molecule has 0 radical (unpaired) electrons. The maximum absolute atomic E-state index is 13.2. The number of carbonyl (C=O) groups excluding carboxylic acids is 1. The Morgan fingerprint density at radius 3 is 2.85 bits per heavy atom. The summed E-state index contributed by atoms with van der Waals surface area (Å²) in [5.74, 6) is 1.00. The van der Waals surface area contributed by atoms with E-state index in [1.54, 1.807) is 6.07 Å². The summed E-state index contributed by atoms with van der Waals surface area (Å²) in [5.41, 5.74) is 0.824. The van der Waals surface area contributed by atoms with E-state index in [0.29, 0.717) is 29.5 Å². The van der Waals surface area contributed by atoms with Crippen molar-refractivity contribution in [3.63, 3.8) is 0 Å². The van der Waals surface area contributed by atoms with Crippen LogP contribution in [-0.4, -0.2) is 53.8 Å². The average Bonchev–Trinajstić information content (AvgIpc) is 3.12. The zero-order chi connectivity index (χ0) is 23.8. The predicted molar refractivity (Wildman–Crippen MR) is 126 cm³/mol. The fourth-order valence-corrected chi connectivity index (χ4v) is 5.48. The molecule has 1 aromatic heterocycles. The molecular formula is C23H29N3O6S. The van der Waals surface area contributed by atoms with Crippen LogP contribution in [0.25, 0.3) is 0 Å². The lowest BCUT2D eigenvalue weighted by atomic mass is 9.94. The molecule has 4 rings (SSSR count). The molecule has 0 aliphatic carbocycles. The Bertz CT molecular complexity index is 1140. The summed E-state index contributed by atoms with van der Waals surface area (Å²) >= 11 is 1.47. The molecule has 2 aliphatic heterocycles. The van der Waals surface area contributed by atoms with Crippen molar-refractivity contribution >= 4 is 28.6 Å². The molecule has 0 saturated carbocycles. The molecule has 1 aromatic carbocycles. The quantitative estimate of drug-likeness (QED) is 0.635. The van der Waals surface area contributed by atoms with Crippen molar-refractivity contribution in [3.05, 3.63) is 39.7 Å². The lowest BCUT2D eigenvalue weighted by Gasteiger charge is -2.36. The average molecular weight is 476 g/mol. The first-order valence-corrected chi connectivity index (χ1v) is 11.7. The molecule has 0 amide bonds. The van der Waals surface area contributed by atoms with Gasteiger partial charge in [0.2, 0.25) is 0 Å². The highest BCUT2D eigenvalue weighted by atomic mass is 32.2. The topological polar surface area (TPSA) is 104 Å². The normalized spacial score (nSPS) is 21.7. The standard InChI is InChI=1S/C23H29N3O6S/c1-13-24-21-18(22(28)25-26(21)14-9-10-32-23(2,3)11-14)20(33-13)15-7-6-8-16(29-4)19(15)31-12-17(27)30-5/h6-8,14,20H,9-12H2,1-5H3,(H,25,28)/t14-,20-/m0/s1. The Morgan fingerprint density at radius 1 is 1.36 bits per heavy atom. The second-order valence-electron chi connectivity index (χ2n) is 8.68. The fraction of sp³-hybridized carbons (Fsp3) is 0.522. The minimum Gasteiger partial charge on any atom is -0.493 e. The van der Waals surface area contributed by atoms with Crippen LogP contribution in [0.15, 0.2) is 28.0 Å². The SMILES string of the molecule is COC(=O)COc1c(OC)cccc1[C@@H]1SC(C)=Nc2c1c(=O)[nH]n2[C@H]1CCOC(C)(C)C1. The number of thioether (sulfide) groups is 1. The fourth-order valence-electron chi connectivity index (χ4n) is 4.36. The monoisotopic (exact) mass is 475 g/mol. The van der Waals surface area contributed by atoms with Crippen LogP contribution in [0.1, 0.15) is 56.0 Å². The highest BCUT2D eigenvalue weighted by Gasteiger charge is 2.37. The molecule has 2 aromatic rings. The summed E-state index contributed by atoms with van der Waals surface area (Å²) in [6.07, 6.45) is 1.56. The van der Waals surface area contributed by atoms with Gasteiger partial charge < -0.3 is 18.9 Å². The van der Waals surface area contributed by atoms with Crippen molar-refractivity contribution in [1.29, 1.82) is 0 Å². The number of H-pyrrole nitrogens is 1. The highest BCUT2D eigenvalue weighted by Crippen LogP contribution is 2.49.